The summed E-state index contributed by atoms with van der Waals surface area (Å²) in [5.74, 6) is -0.0958. The van der Waals surface area contributed by atoms with Crippen LogP contribution in [-0.2, 0) is 10.2 Å². The third-order valence-corrected chi connectivity index (χ3v) is 5.46. The molecule has 3 rings (SSSR count). The van der Waals surface area contributed by atoms with Gasteiger partial charge in [0.25, 0.3) is 17.7 Å². The largest absolute Gasteiger partial charge is 0.497 e. The second kappa shape index (κ2) is 11.4. The molecule has 0 spiro atoms. The zero-order chi connectivity index (χ0) is 26.3. The highest BCUT2D eigenvalue weighted by Gasteiger charge is 2.17. The van der Waals surface area contributed by atoms with Crippen LogP contribution in [0.3, 0.4) is 0 Å². The third kappa shape index (κ3) is 7.09. The fourth-order valence-corrected chi connectivity index (χ4v) is 3.23. The maximum atomic E-state index is 12.5. The van der Waals surface area contributed by atoms with Crippen LogP contribution in [0.4, 0.5) is 5.69 Å². The topological polar surface area (TPSA) is 106 Å². The van der Waals surface area contributed by atoms with E-state index in [1.807, 2.05) is 12.1 Å². The molecular weight excluding hydrogens is 458 g/mol. The van der Waals surface area contributed by atoms with Crippen LogP contribution in [0.25, 0.3) is 0 Å². The fraction of sp³-hybridized carbons (Fsp3) is 0.250. The van der Waals surface area contributed by atoms with Crippen LogP contribution in [0.1, 0.15) is 54.0 Å². The highest BCUT2D eigenvalue weighted by Crippen LogP contribution is 2.22. The van der Waals surface area contributed by atoms with Crippen LogP contribution in [-0.4, -0.2) is 30.9 Å². The molecule has 0 saturated carbocycles. The molecule has 8 nitrogen and oxygen atoms in total. The first kappa shape index (κ1) is 26.3. The van der Waals surface area contributed by atoms with Crippen LogP contribution in [0.5, 0.6) is 11.5 Å². The zero-order valence-electron chi connectivity index (χ0n) is 21.0. The number of ether oxygens (including phenoxy) is 2. The van der Waals surface area contributed by atoms with E-state index in [0.29, 0.717) is 28.3 Å². The number of benzene rings is 3. The Morgan fingerprint density at radius 2 is 1.25 bits per heavy atom. The van der Waals surface area contributed by atoms with E-state index in [9.17, 15) is 14.4 Å². The van der Waals surface area contributed by atoms with Crippen molar-refractivity contribution in [3.8, 4) is 11.5 Å². The van der Waals surface area contributed by atoms with Gasteiger partial charge >= 0.3 is 0 Å². The molecule has 188 valence electrons. The van der Waals surface area contributed by atoms with Gasteiger partial charge in [-0.2, -0.15) is 0 Å². The van der Waals surface area contributed by atoms with Crippen LogP contribution >= 0.6 is 0 Å². The van der Waals surface area contributed by atoms with E-state index >= 15 is 0 Å². The molecule has 0 bridgehead atoms. The quantitative estimate of drug-likeness (QED) is 0.425. The molecule has 0 aliphatic rings. The van der Waals surface area contributed by atoms with E-state index in [0.717, 1.165) is 5.56 Å². The van der Waals surface area contributed by atoms with Gasteiger partial charge in [-0.25, -0.2) is 0 Å². The van der Waals surface area contributed by atoms with E-state index in [2.05, 4.69) is 36.9 Å². The van der Waals surface area contributed by atoms with Crippen molar-refractivity contribution in [1.29, 1.82) is 0 Å². The zero-order valence-corrected chi connectivity index (χ0v) is 21.0. The molecule has 36 heavy (non-hydrogen) atoms. The summed E-state index contributed by atoms with van der Waals surface area (Å²) in [6.45, 7) is 7.91. The highest BCUT2D eigenvalue weighted by molar-refractivity contribution is 6.04. The van der Waals surface area contributed by atoms with Crippen LogP contribution in [0, 0.1) is 0 Å². The van der Waals surface area contributed by atoms with Gasteiger partial charge in [0.1, 0.15) is 11.5 Å². The Hall–Kier alpha value is -4.33. The van der Waals surface area contributed by atoms with Gasteiger partial charge in [0, 0.05) is 16.8 Å². The average Bonchev–Trinajstić information content (AvgIpc) is 2.87. The molecule has 0 aromatic heterocycles. The lowest BCUT2D eigenvalue weighted by atomic mass is 9.87. The molecule has 0 fully saturated rings. The molecule has 0 radical (unpaired) electrons. The second-order valence-electron chi connectivity index (χ2n) is 9.24. The van der Waals surface area contributed by atoms with E-state index in [1.54, 1.807) is 74.7 Å². The van der Waals surface area contributed by atoms with Gasteiger partial charge < -0.3 is 14.8 Å². The number of nitrogens with one attached hydrogen (secondary N) is 3. The molecule has 3 N–H and O–H groups in total. The first-order valence-electron chi connectivity index (χ1n) is 11.5. The SMILES string of the molecule is COc1ccc(OC(C)C(=O)NNC(=O)c2ccc(NC(=O)c3ccc(C(C)(C)C)cc3)cc2)cc1. The average molecular weight is 490 g/mol. The van der Waals surface area contributed by atoms with Crippen molar-refractivity contribution in [2.75, 3.05) is 12.4 Å². The monoisotopic (exact) mass is 489 g/mol. The minimum Gasteiger partial charge on any atom is -0.497 e. The molecule has 1 atom stereocenters. The number of carbonyl (C=O) groups is 3. The Morgan fingerprint density at radius 1 is 0.722 bits per heavy atom. The Labute approximate surface area is 211 Å². The van der Waals surface area contributed by atoms with Crippen LogP contribution < -0.4 is 25.6 Å². The number of carbonyl (C=O) groups excluding carboxylic acids is 3. The smallest absolute Gasteiger partial charge is 0.279 e. The van der Waals surface area contributed by atoms with Gasteiger partial charge in [-0.3, -0.25) is 25.2 Å². The molecule has 1 unspecified atom stereocenters. The van der Waals surface area contributed by atoms with Crippen molar-refractivity contribution >= 4 is 23.4 Å². The summed E-state index contributed by atoms with van der Waals surface area (Å²) in [5.41, 5.74) is 7.25. The van der Waals surface area contributed by atoms with Crippen LogP contribution in [0.2, 0.25) is 0 Å². The summed E-state index contributed by atoms with van der Waals surface area (Å²) in [6, 6.07) is 20.6. The number of amides is 3. The summed E-state index contributed by atoms with van der Waals surface area (Å²) >= 11 is 0. The molecule has 3 aromatic carbocycles. The number of methoxy groups -OCH3 is 1. The van der Waals surface area contributed by atoms with Crippen molar-refractivity contribution in [1.82, 2.24) is 10.9 Å². The molecule has 0 aliphatic carbocycles. The fourth-order valence-electron chi connectivity index (χ4n) is 3.23. The molecule has 0 saturated heterocycles. The van der Waals surface area contributed by atoms with Crippen LogP contribution in [0.15, 0.2) is 72.8 Å². The van der Waals surface area contributed by atoms with Crippen molar-refractivity contribution in [2.24, 2.45) is 0 Å². The number of hydrogen-bond acceptors (Lipinski definition) is 5. The maximum absolute atomic E-state index is 12.5. The third-order valence-electron chi connectivity index (χ3n) is 5.46. The first-order valence-corrected chi connectivity index (χ1v) is 11.5. The summed E-state index contributed by atoms with van der Waals surface area (Å²) in [7, 11) is 1.56. The predicted molar refractivity (Wildman–Crippen MR) is 138 cm³/mol. The summed E-state index contributed by atoms with van der Waals surface area (Å²) in [6.07, 6.45) is -0.839. The first-order chi connectivity index (χ1) is 17.1. The highest BCUT2D eigenvalue weighted by atomic mass is 16.5. The number of hydrogen-bond donors (Lipinski definition) is 3. The minimum atomic E-state index is -0.839. The maximum Gasteiger partial charge on any atom is 0.279 e. The van der Waals surface area contributed by atoms with E-state index in [4.69, 9.17) is 9.47 Å². The predicted octanol–water partition coefficient (Wildman–Crippen LogP) is 4.47. The van der Waals surface area contributed by atoms with E-state index < -0.39 is 17.9 Å². The van der Waals surface area contributed by atoms with Gasteiger partial charge in [0.2, 0.25) is 0 Å². The molecule has 8 heteroatoms. The van der Waals surface area contributed by atoms with Gasteiger partial charge in [-0.05, 0) is 78.6 Å². The molecule has 0 aliphatic heterocycles. The lowest BCUT2D eigenvalue weighted by molar-refractivity contribution is -0.128. The van der Waals surface area contributed by atoms with Crippen molar-refractivity contribution in [3.63, 3.8) is 0 Å². The van der Waals surface area contributed by atoms with Crippen molar-refractivity contribution in [2.45, 2.75) is 39.2 Å². The minimum absolute atomic E-state index is 0.00643. The van der Waals surface area contributed by atoms with Gasteiger partial charge in [0.15, 0.2) is 6.10 Å². The number of anilines is 1. The molecule has 0 heterocycles. The summed E-state index contributed by atoms with van der Waals surface area (Å²) in [5, 5.41) is 2.81. The normalized spacial score (nSPS) is 11.7. The molecular formula is C28H31N3O5. The molecule has 3 amide bonds. The standard InChI is InChI=1S/C28H31N3O5/c1-18(36-24-16-14-23(35-5)15-17-24)25(32)30-31-27(34)20-8-12-22(13-9-20)29-26(33)19-6-10-21(11-7-19)28(2,3)4/h6-18H,1-5H3,(H,29,33)(H,30,32)(H,31,34). The lowest BCUT2D eigenvalue weighted by Crippen LogP contribution is -2.47. The summed E-state index contributed by atoms with van der Waals surface area (Å²) in [4.78, 5) is 37.2. The lowest BCUT2D eigenvalue weighted by Gasteiger charge is -2.19. The van der Waals surface area contributed by atoms with Crippen molar-refractivity contribution in [3.05, 3.63) is 89.5 Å². The van der Waals surface area contributed by atoms with Gasteiger partial charge in [0.05, 0.1) is 7.11 Å². The summed E-state index contributed by atoms with van der Waals surface area (Å²) < 4.78 is 10.7. The van der Waals surface area contributed by atoms with E-state index in [1.165, 1.54) is 0 Å². The Morgan fingerprint density at radius 3 is 1.81 bits per heavy atom. The number of hydrazine groups is 1. The Bertz CT molecular complexity index is 1200. The van der Waals surface area contributed by atoms with E-state index in [-0.39, 0.29) is 11.3 Å². The second-order valence-corrected chi connectivity index (χ2v) is 9.24. The Balaban J connectivity index is 1.49. The van der Waals surface area contributed by atoms with Gasteiger partial charge in [-0.15, -0.1) is 0 Å². The van der Waals surface area contributed by atoms with Crippen molar-refractivity contribution < 1.29 is 23.9 Å². The molecule has 3 aromatic rings. The van der Waals surface area contributed by atoms with Gasteiger partial charge in [-0.1, -0.05) is 32.9 Å². The Kier molecular flexibility index (Phi) is 8.32. The number of rotatable bonds is 7.